The molecule has 2 heterocycles. The van der Waals surface area contributed by atoms with Crippen LogP contribution in [0.4, 0.5) is 4.39 Å². The molecule has 0 N–H and O–H groups in total. The molecule has 1 atom stereocenters. The van der Waals surface area contributed by atoms with Crippen molar-refractivity contribution < 1.29 is 14.0 Å². The minimum Gasteiger partial charge on any atom is -0.348 e. The molecular formula is C25H25BrFN3O2. The highest BCUT2D eigenvalue weighted by molar-refractivity contribution is 9.10. The van der Waals surface area contributed by atoms with Gasteiger partial charge in [0.15, 0.2) is 0 Å². The Kier molecular flexibility index (Phi) is 6.74. The highest BCUT2D eigenvalue weighted by Gasteiger charge is 2.34. The van der Waals surface area contributed by atoms with Crippen LogP contribution in [0.1, 0.15) is 41.0 Å². The van der Waals surface area contributed by atoms with E-state index in [1.807, 2.05) is 37.4 Å². The molecule has 4 rings (SSSR count). The molecule has 0 unspecified atom stereocenters. The Hall–Kier alpha value is -2.93. The van der Waals surface area contributed by atoms with Crippen LogP contribution in [0.25, 0.3) is 0 Å². The van der Waals surface area contributed by atoms with E-state index in [0.29, 0.717) is 30.8 Å². The van der Waals surface area contributed by atoms with Crippen molar-refractivity contribution in [3.63, 3.8) is 0 Å². The number of amides is 2. The van der Waals surface area contributed by atoms with Gasteiger partial charge in [-0.15, -0.1) is 0 Å². The molecule has 1 aliphatic heterocycles. The standard InChI is InChI=1S/C25H25BrFN3O2/c1-2-13-29(25(32)18-9-11-19(26)12-10-18)17-23(31)30-16-15-28-14-5-8-22(28)24(30)20-6-3-4-7-21(20)27/h3-12,14,24H,2,13,15-17H2,1H3/t24-/m1/s1. The molecular weight excluding hydrogens is 473 g/mol. The Morgan fingerprint density at radius 1 is 1.06 bits per heavy atom. The smallest absolute Gasteiger partial charge is 0.254 e. The molecule has 0 radical (unpaired) electrons. The molecule has 0 bridgehead atoms. The minimum absolute atomic E-state index is 0.0472. The molecule has 0 saturated carbocycles. The first-order valence-electron chi connectivity index (χ1n) is 10.7. The van der Waals surface area contributed by atoms with E-state index in [1.54, 1.807) is 40.1 Å². The monoisotopic (exact) mass is 497 g/mol. The Morgan fingerprint density at radius 2 is 1.81 bits per heavy atom. The van der Waals surface area contributed by atoms with E-state index in [1.165, 1.54) is 6.07 Å². The van der Waals surface area contributed by atoms with Crippen LogP contribution in [0.5, 0.6) is 0 Å². The Labute approximate surface area is 195 Å². The third-order valence-corrected chi connectivity index (χ3v) is 6.29. The molecule has 0 fully saturated rings. The van der Waals surface area contributed by atoms with Crippen LogP contribution in [-0.4, -0.2) is 45.8 Å². The zero-order valence-electron chi connectivity index (χ0n) is 17.9. The molecule has 166 valence electrons. The SMILES string of the molecule is CCCN(CC(=O)N1CCn2cccc2[C@H]1c1ccccc1F)C(=O)c1ccc(Br)cc1. The second kappa shape index (κ2) is 9.69. The first-order chi connectivity index (χ1) is 15.5. The molecule has 2 aromatic carbocycles. The summed E-state index contributed by atoms with van der Waals surface area (Å²) in [5, 5.41) is 0. The number of carbonyl (C=O) groups is 2. The lowest BCUT2D eigenvalue weighted by molar-refractivity contribution is -0.134. The number of nitrogens with zero attached hydrogens (tertiary/aromatic N) is 3. The van der Waals surface area contributed by atoms with Gasteiger partial charge in [0, 0.05) is 47.1 Å². The topological polar surface area (TPSA) is 45.6 Å². The van der Waals surface area contributed by atoms with E-state index in [0.717, 1.165) is 16.6 Å². The summed E-state index contributed by atoms with van der Waals surface area (Å²) < 4.78 is 17.7. The predicted molar refractivity (Wildman–Crippen MR) is 125 cm³/mol. The molecule has 1 aromatic heterocycles. The zero-order chi connectivity index (χ0) is 22.7. The molecule has 2 amide bonds. The number of hydrogen-bond donors (Lipinski definition) is 0. The molecule has 32 heavy (non-hydrogen) atoms. The summed E-state index contributed by atoms with van der Waals surface area (Å²) in [6.45, 7) is 3.48. The third-order valence-electron chi connectivity index (χ3n) is 5.76. The fourth-order valence-corrected chi connectivity index (χ4v) is 4.49. The summed E-state index contributed by atoms with van der Waals surface area (Å²) in [4.78, 5) is 29.9. The number of hydrogen-bond acceptors (Lipinski definition) is 2. The summed E-state index contributed by atoms with van der Waals surface area (Å²) in [5.74, 6) is -0.721. The van der Waals surface area contributed by atoms with Crippen LogP contribution in [0.15, 0.2) is 71.3 Å². The van der Waals surface area contributed by atoms with Gasteiger partial charge in [0.2, 0.25) is 5.91 Å². The van der Waals surface area contributed by atoms with Gasteiger partial charge in [-0.3, -0.25) is 9.59 Å². The molecule has 0 saturated heterocycles. The number of carbonyl (C=O) groups excluding carboxylic acids is 2. The Bertz CT molecular complexity index is 1110. The lowest BCUT2D eigenvalue weighted by Gasteiger charge is -2.38. The molecule has 1 aliphatic rings. The van der Waals surface area contributed by atoms with Crippen LogP contribution in [-0.2, 0) is 11.3 Å². The highest BCUT2D eigenvalue weighted by Crippen LogP contribution is 2.34. The maximum absolute atomic E-state index is 14.8. The van der Waals surface area contributed by atoms with Crippen LogP contribution in [0.3, 0.4) is 0 Å². The first kappa shape index (κ1) is 22.3. The van der Waals surface area contributed by atoms with Crippen LogP contribution < -0.4 is 0 Å². The number of aromatic nitrogens is 1. The van der Waals surface area contributed by atoms with Gasteiger partial charge in [-0.25, -0.2) is 4.39 Å². The quantitative estimate of drug-likeness (QED) is 0.487. The second-order valence-corrected chi connectivity index (χ2v) is 8.79. The summed E-state index contributed by atoms with van der Waals surface area (Å²) in [6.07, 6.45) is 2.68. The zero-order valence-corrected chi connectivity index (χ0v) is 19.5. The van der Waals surface area contributed by atoms with E-state index in [4.69, 9.17) is 0 Å². The van der Waals surface area contributed by atoms with Crippen molar-refractivity contribution in [2.75, 3.05) is 19.6 Å². The minimum atomic E-state index is -0.529. The fraction of sp³-hybridized carbons (Fsp3) is 0.280. The van der Waals surface area contributed by atoms with Crippen molar-refractivity contribution in [3.05, 3.63) is 94.0 Å². The van der Waals surface area contributed by atoms with Crippen LogP contribution in [0.2, 0.25) is 0 Å². The maximum atomic E-state index is 14.8. The summed E-state index contributed by atoms with van der Waals surface area (Å²) >= 11 is 3.38. The average Bonchev–Trinajstić information content (AvgIpc) is 3.27. The van der Waals surface area contributed by atoms with Crippen LogP contribution >= 0.6 is 15.9 Å². The van der Waals surface area contributed by atoms with Crippen molar-refractivity contribution in [3.8, 4) is 0 Å². The number of halogens is 2. The lowest BCUT2D eigenvalue weighted by Crippen LogP contribution is -2.48. The van der Waals surface area contributed by atoms with Gasteiger partial charge in [0.25, 0.3) is 5.91 Å². The van der Waals surface area contributed by atoms with Crippen molar-refractivity contribution in [2.45, 2.75) is 25.9 Å². The van der Waals surface area contributed by atoms with E-state index >= 15 is 0 Å². The number of benzene rings is 2. The fourth-order valence-electron chi connectivity index (χ4n) is 4.23. The highest BCUT2D eigenvalue weighted by atomic mass is 79.9. The van der Waals surface area contributed by atoms with Crippen molar-refractivity contribution >= 4 is 27.7 Å². The van der Waals surface area contributed by atoms with Crippen LogP contribution in [0, 0.1) is 5.82 Å². The van der Waals surface area contributed by atoms with E-state index in [-0.39, 0.29) is 24.2 Å². The van der Waals surface area contributed by atoms with Gasteiger partial charge in [-0.1, -0.05) is 41.1 Å². The summed E-state index contributed by atoms with van der Waals surface area (Å²) in [6, 6.07) is 17.0. The summed E-state index contributed by atoms with van der Waals surface area (Å²) in [7, 11) is 0. The molecule has 7 heteroatoms. The third kappa shape index (κ3) is 4.48. The van der Waals surface area contributed by atoms with Gasteiger partial charge >= 0.3 is 0 Å². The maximum Gasteiger partial charge on any atom is 0.254 e. The van der Waals surface area contributed by atoms with E-state index < -0.39 is 6.04 Å². The van der Waals surface area contributed by atoms with E-state index in [9.17, 15) is 14.0 Å². The molecule has 5 nitrogen and oxygen atoms in total. The van der Waals surface area contributed by atoms with Gasteiger partial charge in [0.1, 0.15) is 18.4 Å². The van der Waals surface area contributed by atoms with Crippen molar-refractivity contribution in [1.82, 2.24) is 14.4 Å². The lowest BCUT2D eigenvalue weighted by atomic mass is 9.99. The molecule has 0 spiro atoms. The van der Waals surface area contributed by atoms with Gasteiger partial charge < -0.3 is 14.4 Å². The number of rotatable bonds is 6. The Morgan fingerprint density at radius 3 is 2.53 bits per heavy atom. The van der Waals surface area contributed by atoms with E-state index in [2.05, 4.69) is 20.5 Å². The average molecular weight is 498 g/mol. The first-order valence-corrected chi connectivity index (χ1v) is 11.5. The largest absolute Gasteiger partial charge is 0.348 e. The van der Waals surface area contributed by atoms with Gasteiger partial charge in [-0.2, -0.15) is 0 Å². The second-order valence-electron chi connectivity index (χ2n) is 7.87. The summed E-state index contributed by atoms with van der Waals surface area (Å²) in [5.41, 5.74) is 1.87. The Balaban J connectivity index is 1.62. The van der Waals surface area contributed by atoms with Crippen molar-refractivity contribution in [1.29, 1.82) is 0 Å². The van der Waals surface area contributed by atoms with Gasteiger partial charge in [-0.05, 0) is 48.9 Å². The molecule has 0 aliphatic carbocycles. The predicted octanol–water partition coefficient (Wildman–Crippen LogP) is 4.87. The number of fused-ring (bicyclic) bond motifs is 1. The van der Waals surface area contributed by atoms with Gasteiger partial charge in [0.05, 0.1) is 0 Å². The molecule has 3 aromatic rings. The van der Waals surface area contributed by atoms with Crippen molar-refractivity contribution in [2.24, 2.45) is 0 Å². The normalized spacial score (nSPS) is 15.3.